The van der Waals surface area contributed by atoms with E-state index in [9.17, 15) is 19.2 Å². The van der Waals surface area contributed by atoms with Crippen molar-refractivity contribution < 1.29 is 23.5 Å². The highest BCUT2D eigenvalue weighted by molar-refractivity contribution is 5.96. The van der Waals surface area contributed by atoms with Gasteiger partial charge in [-0.3, -0.25) is 0 Å². The van der Waals surface area contributed by atoms with Crippen LogP contribution in [0.4, 0.5) is 10.1 Å². The van der Waals surface area contributed by atoms with Crippen LogP contribution in [0.25, 0.3) is 16.8 Å². The Hall–Kier alpha value is -4.12. The molecule has 0 aliphatic rings. The SMILES string of the molecule is COC(=O)c1ccc(-c2cccc(-n3cc(C#N)c(N)c3C(=O)OC)c2)cc1F. The Morgan fingerprint density at radius 3 is 2.38 bits per heavy atom. The van der Waals surface area contributed by atoms with Crippen molar-refractivity contribution in [3.8, 4) is 22.9 Å². The maximum absolute atomic E-state index is 14.3. The Kier molecular flexibility index (Phi) is 5.32. The minimum absolute atomic E-state index is 0.0122. The number of anilines is 1. The lowest BCUT2D eigenvalue weighted by molar-refractivity contribution is 0.0585. The third kappa shape index (κ3) is 3.53. The Morgan fingerprint density at radius 2 is 1.76 bits per heavy atom. The van der Waals surface area contributed by atoms with Crippen molar-refractivity contribution in [1.82, 2.24) is 4.57 Å². The first-order chi connectivity index (χ1) is 13.9. The smallest absolute Gasteiger partial charge is 0.357 e. The molecule has 0 atom stereocenters. The molecule has 0 fully saturated rings. The fraction of sp³-hybridized carbons (Fsp3) is 0.0952. The summed E-state index contributed by atoms with van der Waals surface area (Å²) < 4.78 is 25.1. The molecule has 0 bridgehead atoms. The van der Waals surface area contributed by atoms with E-state index < -0.39 is 17.8 Å². The van der Waals surface area contributed by atoms with Crippen LogP contribution >= 0.6 is 0 Å². The number of benzene rings is 2. The molecular weight excluding hydrogens is 377 g/mol. The minimum Gasteiger partial charge on any atom is -0.465 e. The second-order valence-corrected chi connectivity index (χ2v) is 6.01. The average Bonchev–Trinajstić information content (AvgIpc) is 3.09. The van der Waals surface area contributed by atoms with Crippen LogP contribution in [-0.4, -0.2) is 30.7 Å². The molecular formula is C21H16FN3O4. The summed E-state index contributed by atoms with van der Waals surface area (Å²) in [6.45, 7) is 0. The maximum Gasteiger partial charge on any atom is 0.357 e. The van der Waals surface area contributed by atoms with Crippen molar-refractivity contribution in [2.45, 2.75) is 0 Å². The van der Waals surface area contributed by atoms with Gasteiger partial charge in [-0.1, -0.05) is 18.2 Å². The number of ether oxygens (including phenoxy) is 2. The summed E-state index contributed by atoms with van der Waals surface area (Å²) >= 11 is 0. The molecule has 2 aromatic carbocycles. The number of nitriles is 1. The zero-order valence-electron chi connectivity index (χ0n) is 15.6. The third-order valence-corrected chi connectivity index (χ3v) is 4.38. The molecule has 1 heterocycles. The lowest BCUT2D eigenvalue weighted by Gasteiger charge is -2.11. The van der Waals surface area contributed by atoms with Crippen LogP contribution in [0.5, 0.6) is 0 Å². The Balaban J connectivity index is 2.10. The quantitative estimate of drug-likeness (QED) is 0.682. The van der Waals surface area contributed by atoms with Gasteiger partial charge in [0, 0.05) is 11.9 Å². The number of hydrogen-bond donors (Lipinski definition) is 1. The first-order valence-electron chi connectivity index (χ1n) is 8.39. The maximum atomic E-state index is 14.3. The van der Waals surface area contributed by atoms with Gasteiger partial charge in [-0.15, -0.1) is 0 Å². The van der Waals surface area contributed by atoms with Gasteiger partial charge >= 0.3 is 11.9 Å². The lowest BCUT2D eigenvalue weighted by atomic mass is 10.0. The number of methoxy groups -OCH3 is 2. The van der Waals surface area contributed by atoms with Crippen molar-refractivity contribution >= 4 is 17.6 Å². The van der Waals surface area contributed by atoms with Gasteiger partial charge in [0.1, 0.15) is 11.9 Å². The normalized spacial score (nSPS) is 10.3. The highest BCUT2D eigenvalue weighted by Crippen LogP contribution is 2.28. The summed E-state index contributed by atoms with van der Waals surface area (Å²) in [5.74, 6) is -2.17. The first-order valence-corrected chi connectivity index (χ1v) is 8.39. The van der Waals surface area contributed by atoms with Gasteiger partial charge in [0.2, 0.25) is 0 Å². The van der Waals surface area contributed by atoms with E-state index in [1.165, 1.54) is 37.1 Å². The van der Waals surface area contributed by atoms with E-state index in [-0.39, 0.29) is 22.5 Å². The van der Waals surface area contributed by atoms with Gasteiger partial charge in [0.15, 0.2) is 5.69 Å². The molecule has 3 aromatic rings. The predicted molar refractivity (Wildman–Crippen MR) is 103 cm³/mol. The van der Waals surface area contributed by atoms with Gasteiger partial charge in [0.05, 0.1) is 31.0 Å². The molecule has 2 N–H and O–H groups in total. The molecule has 0 aliphatic heterocycles. The summed E-state index contributed by atoms with van der Waals surface area (Å²) in [6, 6.07) is 12.9. The molecule has 29 heavy (non-hydrogen) atoms. The highest BCUT2D eigenvalue weighted by Gasteiger charge is 2.22. The van der Waals surface area contributed by atoms with E-state index in [1.54, 1.807) is 30.3 Å². The van der Waals surface area contributed by atoms with Crippen LogP contribution in [0.15, 0.2) is 48.7 Å². The molecule has 0 spiro atoms. The molecule has 0 saturated carbocycles. The van der Waals surface area contributed by atoms with Crippen LogP contribution in [0, 0.1) is 17.1 Å². The van der Waals surface area contributed by atoms with Crippen molar-refractivity contribution in [2.75, 3.05) is 20.0 Å². The monoisotopic (exact) mass is 393 g/mol. The van der Waals surface area contributed by atoms with Crippen molar-refractivity contribution in [2.24, 2.45) is 0 Å². The van der Waals surface area contributed by atoms with E-state index in [2.05, 4.69) is 4.74 Å². The molecule has 0 unspecified atom stereocenters. The number of aromatic nitrogens is 1. The van der Waals surface area contributed by atoms with E-state index >= 15 is 0 Å². The zero-order chi connectivity index (χ0) is 21.1. The van der Waals surface area contributed by atoms with E-state index in [0.29, 0.717) is 16.8 Å². The number of rotatable bonds is 4. The van der Waals surface area contributed by atoms with E-state index in [0.717, 1.165) is 0 Å². The van der Waals surface area contributed by atoms with Crippen LogP contribution in [0.3, 0.4) is 0 Å². The number of esters is 2. The van der Waals surface area contributed by atoms with Gasteiger partial charge in [-0.25, -0.2) is 14.0 Å². The number of carbonyl (C=O) groups is 2. The Labute approximate surface area is 165 Å². The summed E-state index contributed by atoms with van der Waals surface area (Å²) in [6.07, 6.45) is 1.43. The van der Waals surface area contributed by atoms with Crippen LogP contribution in [0.1, 0.15) is 26.4 Å². The topological polar surface area (TPSA) is 107 Å². The van der Waals surface area contributed by atoms with Crippen LogP contribution < -0.4 is 5.73 Å². The molecule has 146 valence electrons. The fourth-order valence-electron chi connectivity index (χ4n) is 2.92. The van der Waals surface area contributed by atoms with Crippen molar-refractivity contribution in [1.29, 1.82) is 5.26 Å². The van der Waals surface area contributed by atoms with Crippen molar-refractivity contribution in [3.63, 3.8) is 0 Å². The predicted octanol–water partition coefficient (Wildman–Crippen LogP) is 3.31. The van der Waals surface area contributed by atoms with Crippen LogP contribution in [-0.2, 0) is 9.47 Å². The highest BCUT2D eigenvalue weighted by atomic mass is 19.1. The van der Waals surface area contributed by atoms with Crippen molar-refractivity contribution in [3.05, 3.63) is 71.3 Å². The fourth-order valence-corrected chi connectivity index (χ4v) is 2.92. The van der Waals surface area contributed by atoms with Crippen LogP contribution in [0.2, 0.25) is 0 Å². The number of hydrogen-bond acceptors (Lipinski definition) is 6. The molecule has 0 saturated heterocycles. The molecule has 3 rings (SSSR count). The number of nitrogens with two attached hydrogens (primary N) is 1. The average molecular weight is 393 g/mol. The second-order valence-electron chi connectivity index (χ2n) is 6.01. The summed E-state index contributed by atoms with van der Waals surface area (Å²) in [5.41, 5.74) is 7.57. The third-order valence-electron chi connectivity index (χ3n) is 4.38. The summed E-state index contributed by atoms with van der Waals surface area (Å²) in [7, 11) is 2.39. The van der Waals surface area contributed by atoms with Gasteiger partial charge in [0.25, 0.3) is 0 Å². The van der Waals surface area contributed by atoms with Gasteiger partial charge in [-0.05, 0) is 35.4 Å². The Bertz CT molecular complexity index is 1160. The van der Waals surface area contributed by atoms with Gasteiger partial charge in [-0.2, -0.15) is 5.26 Å². The lowest BCUT2D eigenvalue weighted by Crippen LogP contribution is -2.11. The largest absolute Gasteiger partial charge is 0.465 e. The number of carbonyl (C=O) groups excluding carboxylic acids is 2. The molecule has 7 nitrogen and oxygen atoms in total. The summed E-state index contributed by atoms with van der Waals surface area (Å²) in [5, 5.41) is 9.24. The second kappa shape index (κ2) is 7.86. The molecule has 8 heteroatoms. The number of nitrogens with zero attached hydrogens (tertiary/aromatic N) is 2. The Morgan fingerprint density at radius 1 is 1.07 bits per heavy atom. The standard InChI is InChI=1S/C21H16FN3O4/c1-28-20(26)16-7-6-13(9-17(16)22)12-4-3-5-15(8-12)25-11-14(10-23)18(24)19(25)21(27)29-2/h3-9,11H,24H2,1-2H3. The van der Waals surface area contributed by atoms with E-state index in [1.807, 2.05) is 6.07 Å². The molecule has 0 amide bonds. The first kappa shape index (κ1) is 19.6. The number of halogens is 1. The zero-order valence-corrected chi connectivity index (χ0v) is 15.6. The molecule has 0 radical (unpaired) electrons. The molecule has 1 aromatic heterocycles. The molecule has 0 aliphatic carbocycles. The minimum atomic E-state index is -0.766. The van der Waals surface area contributed by atoms with E-state index in [4.69, 9.17) is 10.5 Å². The summed E-state index contributed by atoms with van der Waals surface area (Å²) in [4.78, 5) is 23.7. The number of nitrogen functional groups attached to an aromatic ring is 1. The van der Waals surface area contributed by atoms with Gasteiger partial charge < -0.3 is 19.8 Å².